The van der Waals surface area contributed by atoms with Crippen molar-refractivity contribution < 1.29 is 4.79 Å². The quantitative estimate of drug-likeness (QED) is 0.842. The Balaban J connectivity index is 2.44. The number of nitrogens with one attached hydrogen (secondary N) is 1. The second-order valence-corrected chi connectivity index (χ2v) is 3.60. The van der Waals surface area contributed by atoms with Crippen LogP contribution in [-0.2, 0) is 6.54 Å². The molecule has 84 valence electrons. The first-order valence-corrected chi connectivity index (χ1v) is 5.31. The minimum atomic E-state index is -0.105. The lowest BCUT2D eigenvalue weighted by Gasteiger charge is -2.00. The first kappa shape index (κ1) is 10.6. The summed E-state index contributed by atoms with van der Waals surface area (Å²) in [7, 11) is 1.61. The van der Waals surface area contributed by atoms with E-state index in [0.29, 0.717) is 5.56 Å². The molecule has 0 bridgehead atoms. The zero-order chi connectivity index (χ0) is 11.5. The van der Waals surface area contributed by atoms with Gasteiger partial charge in [0.15, 0.2) is 0 Å². The highest BCUT2D eigenvalue weighted by Crippen LogP contribution is 2.13. The number of carbonyl (C=O) groups is 1. The Morgan fingerprint density at radius 3 is 3.00 bits per heavy atom. The fourth-order valence-corrected chi connectivity index (χ4v) is 1.63. The lowest BCUT2D eigenvalue weighted by molar-refractivity contribution is 0.0963. The van der Waals surface area contributed by atoms with E-state index in [1.165, 1.54) is 0 Å². The van der Waals surface area contributed by atoms with Crippen molar-refractivity contribution >= 4 is 16.9 Å². The van der Waals surface area contributed by atoms with Gasteiger partial charge in [-0.3, -0.25) is 4.79 Å². The van der Waals surface area contributed by atoms with Crippen LogP contribution < -0.4 is 5.32 Å². The van der Waals surface area contributed by atoms with Crippen LogP contribution >= 0.6 is 0 Å². The molecule has 5 heteroatoms. The second-order valence-electron chi connectivity index (χ2n) is 3.60. The van der Waals surface area contributed by atoms with E-state index >= 15 is 0 Å². The molecule has 0 aliphatic rings. The molecule has 0 radical (unpaired) electrons. The average Bonchev–Trinajstić information content (AvgIpc) is 2.71. The van der Waals surface area contributed by atoms with Gasteiger partial charge >= 0.3 is 0 Å². The van der Waals surface area contributed by atoms with Crippen molar-refractivity contribution in [3.8, 4) is 0 Å². The van der Waals surface area contributed by atoms with Gasteiger partial charge in [-0.15, -0.1) is 5.10 Å². The fourth-order valence-electron chi connectivity index (χ4n) is 1.63. The number of fused-ring (bicyclic) bond motifs is 1. The van der Waals surface area contributed by atoms with Crippen molar-refractivity contribution in [1.82, 2.24) is 20.3 Å². The summed E-state index contributed by atoms with van der Waals surface area (Å²) in [4.78, 5) is 11.4. The van der Waals surface area contributed by atoms with Gasteiger partial charge in [0.1, 0.15) is 5.52 Å². The van der Waals surface area contributed by atoms with Crippen molar-refractivity contribution in [2.45, 2.75) is 19.9 Å². The van der Waals surface area contributed by atoms with Crippen molar-refractivity contribution in [3.63, 3.8) is 0 Å². The number of rotatable bonds is 3. The fraction of sp³-hybridized carbons (Fsp3) is 0.364. The average molecular weight is 218 g/mol. The molecule has 2 rings (SSSR count). The predicted octanol–water partition coefficient (Wildman–Crippen LogP) is 1.20. The lowest BCUT2D eigenvalue weighted by Crippen LogP contribution is -2.17. The maximum Gasteiger partial charge on any atom is 0.251 e. The molecule has 1 aromatic carbocycles. The van der Waals surface area contributed by atoms with Gasteiger partial charge in [-0.05, 0) is 24.6 Å². The summed E-state index contributed by atoms with van der Waals surface area (Å²) >= 11 is 0. The standard InChI is InChI=1S/C11H14N4O/c1-3-6-15-10-5-4-8(11(16)12-2)7-9(10)13-14-15/h4-5,7H,3,6H2,1-2H3,(H,12,16). The summed E-state index contributed by atoms with van der Waals surface area (Å²) in [5.74, 6) is -0.105. The van der Waals surface area contributed by atoms with Crippen molar-refractivity contribution in [2.24, 2.45) is 0 Å². The van der Waals surface area contributed by atoms with E-state index in [2.05, 4.69) is 22.6 Å². The summed E-state index contributed by atoms with van der Waals surface area (Å²) in [5.41, 5.74) is 2.34. The van der Waals surface area contributed by atoms with Crippen molar-refractivity contribution in [3.05, 3.63) is 23.8 Å². The van der Waals surface area contributed by atoms with Gasteiger partial charge in [-0.1, -0.05) is 12.1 Å². The van der Waals surface area contributed by atoms with E-state index in [-0.39, 0.29) is 5.91 Å². The summed E-state index contributed by atoms with van der Waals surface area (Å²) in [5, 5.41) is 10.7. The van der Waals surface area contributed by atoms with Crippen molar-refractivity contribution in [2.75, 3.05) is 7.05 Å². The Hall–Kier alpha value is -1.91. The SMILES string of the molecule is CCCn1nnc2cc(C(=O)NC)ccc21. The molecule has 0 fully saturated rings. The Kier molecular flexibility index (Phi) is 2.85. The van der Waals surface area contributed by atoms with Crippen LogP contribution in [0, 0.1) is 0 Å². The summed E-state index contributed by atoms with van der Waals surface area (Å²) in [6, 6.07) is 5.43. The van der Waals surface area contributed by atoms with E-state index in [9.17, 15) is 4.79 Å². The third-order valence-electron chi connectivity index (χ3n) is 2.44. The highest BCUT2D eigenvalue weighted by molar-refractivity contribution is 5.97. The molecule has 5 nitrogen and oxygen atoms in total. The molecule has 1 aromatic heterocycles. The molecule has 16 heavy (non-hydrogen) atoms. The van der Waals surface area contributed by atoms with Gasteiger partial charge in [-0.25, -0.2) is 4.68 Å². The number of amides is 1. The maximum absolute atomic E-state index is 11.4. The van der Waals surface area contributed by atoms with Crippen LogP contribution in [0.2, 0.25) is 0 Å². The van der Waals surface area contributed by atoms with Crippen LogP contribution in [-0.4, -0.2) is 27.9 Å². The van der Waals surface area contributed by atoms with Crippen LogP contribution in [0.25, 0.3) is 11.0 Å². The van der Waals surface area contributed by atoms with Gasteiger partial charge in [0.05, 0.1) is 5.52 Å². The summed E-state index contributed by atoms with van der Waals surface area (Å²) in [6.07, 6.45) is 1.01. The van der Waals surface area contributed by atoms with E-state index < -0.39 is 0 Å². The molecule has 1 amide bonds. The molecule has 0 saturated heterocycles. The Morgan fingerprint density at radius 2 is 2.31 bits per heavy atom. The number of carbonyl (C=O) groups excluding carboxylic acids is 1. The second kappa shape index (κ2) is 4.30. The molecule has 0 saturated carbocycles. The lowest BCUT2D eigenvalue weighted by atomic mass is 10.2. The molecule has 2 aromatic rings. The highest BCUT2D eigenvalue weighted by atomic mass is 16.1. The largest absolute Gasteiger partial charge is 0.355 e. The van der Waals surface area contributed by atoms with Gasteiger partial charge in [0, 0.05) is 19.2 Å². The number of benzene rings is 1. The normalized spacial score (nSPS) is 10.6. The Bertz CT molecular complexity index is 518. The molecule has 1 heterocycles. The van der Waals surface area contributed by atoms with Crippen LogP contribution in [0.4, 0.5) is 0 Å². The Labute approximate surface area is 93.4 Å². The number of aryl methyl sites for hydroxylation is 1. The van der Waals surface area contributed by atoms with Gasteiger partial charge < -0.3 is 5.32 Å². The molecule has 0 aliphatic carbocycles. The zero-order valence-corrected chi connectivity index (χ0v) is 9.40. The minimum absolute atomic E-state index is 0.105. The molecular formula is C11H14N4O. The molecular weight excluding hydrogens is 204 g/mol. The first-order valence-electron chi connectivity index (χ1n) is 5.31. The van der Waals surface area contributed by atoms with E-state index in [1.54, 1.807) is 19.2 Å². The van der Waals surface area contributed by atoms with E-state index in [4.69, 9.17) is 0 Å². The van der Waals surface area contributed by atoms with Crippen molar-refractivity contribution in [1.29, 1.82) is 0 Å². The van der Waals surface area contributed by atoms with E-state index in [0.717, 1.165) is 24.0 Å². The molecule has 0 spiro atoms. The number of hydrogen-bond donors (Lipinski definition) is 1. The first-order chi connectivity index (χ1) is 7.76. The molecule has 0 aliphatic heterocycles. The van der Waals surface area contributed by atoms with Gasteiger partial charge in [-0.2, -0.15) is 0 Å². The van der Waals surface area contributed by atoms with Crippen LogP contribution in [0.5, 0.6) is 0 Å². The summed E-state index contributed by atoms with van der Waals surface area (Å²) in [6.45, 7) is 2.93. The van der Waals surface area contributed by atoms with Gasteiger partial charge in [0.25, 0.3) is 5.91 Å². The molecule has 0 atom stereocenters. The highest BCUT2D eigenvalue weighted by Gasteiger charge is 2.08. The third kappa shape index (κ3) is 1.76. The third-order valence-corrected chi connectivity index (χ3v) is 2.44. The molecule has 1 N–H and O–H groups in total. The summed E-state index contributed by atoms with van der Waals surface area (Å²) < 4.78 is 1.85. The van der Waals surface area contributed by atoms with Crippen LogP contribution in [0.15, 0.2) is 18.2 Å². The van der Waals surface area contributed by atoms with Gasteiger partial charge in [0.2, 0.25) is 0 Å². The Morgan fingerprint density at radius 1 is 1.50 bits per heavy atom. The van der Waals surface area contributed by atoms with Crippen LogP contribution in [0.1, 0.15) is 23.7 Å². The zero-order valence-electron chi connectivity index (χ0n) is 9.40. The smallest absolute Gasteiger partial charge is 0.251 e. The molecule has 0 unspecified atom stereocenters. The monoisotopic (exact) mass is 218 g/mol. The predicted molar refractivity (Wildman–Crippen MR) is 61.2 cm³/mol. The topological polar surface area (TPSA) is 59.8 Å². The van der Waals surface area contributed by atoms with Crippen LogP contribution in [0.3, 0.4) is 0 Å². The number of hydrogen-bond acceptors (Lipinski definition) is 3. The maximum atomic E-state index is 11.4. The van der Waals surface area contributed by atoms with E-state index in [1.807, 2.05) is 10.7 Å². The number of nitrogens with zero attached hydrogens (tertiary/aromatic N) is 3. The number of aromatic nitrogens is 3. The minimum Gasteiger partial charge on any atom is -0.355 e.